The van der Waals surface area contributed by atoms with Crippen molar-refractivity contribution in [3.8, 4) is 0 Å². The molecule has 1 unspecified atom stereocenters. The van der Waals surface area contributed by atoms with Gasteiger partial charge in [-0.05, 0) is 20.8 Å². The summed E-state index contributed by atoms with van der Waals surface area (Å²) in [5, 5.41) is 3.23. The minimum Gasteiger partial charge on any atom is -0.375 e. The number of morpholine rings is 1. The lowest BCUT2D eigenvalue weighted by atomic mass is 9.83. The van der Waals surface area contributed by atoms with Crippen LogP contribution in [0.2, 0.25) is 0 Å². The number of allylic oxidation sites excluding steroid dienone is 3. The zero-order valence-corrected chi connectivity index (χ0v) is 11.1. The molecule has 0 bridgehead atoms. The van der Waals surface area contributed by atoms with Gasteiger partial charge in [0.25, 0.3) is 0 Å². The molecule has 4 heteroatoms. The Hall–Kier alpha value is -1.26. The van der Waals surface area contributed by atoms with Gasteiger partial charge < -0.3 is 10.1 Å². The molecule has 1 atom stereocenters. The Labute approximate surface area is 107 Å². The van der Waals surface area contributed by atoms with Crippen LogP contribution in [0.4, 0.5) is 0 Å². The quantitative estimate of drug-likeness (QED) is 0.746. The predicted octanol–water partition coefficient (Wildman–Crippen LogP) is 1.17. The molecule has 0 spiro atoms. The van der Waals surface area contributed by atoms with Crippen LogP contribution in [0.25, 0.3) is 0 Å². The van der Waals surface area contributed by atoms with Gasteiger partial charge in [-0.25, -0.2) is 0 Å². The molecule has 1 saturated heterocycles. The van der Waals surface area contributed by atoms with Crippen LogP contribution in [0.5, 0.6) is 0 Å². The summed E-state index contributed by atoms with van der Waals surface area (Å²) in [4.78, 5) is 24.2. The van der Waals surface area contributed by atoms with E-state index in [0.29, 0.717) is 35.3 Å². The van der Waals surface area contributed by atoms with Crippen LogP contribution in [0.3, 0.4) is 0 Å². The molecule has 1 heterocycles. The molecular weight excluding hydrogens is 230 g/mol. The maximum atomic E-state index is 12.2. The smallest absolute Gasteiger partial charge is 0.185 e. The summed E-state index contributed by atoms with van der Waals surface area (Å²) < 4.78 is 5.60. The average molecular weight is 249 g/mol. The highest BCUT2D eigenvalue weighted by atomic mass is 16.5. The molecular formula is C14H19NO3. The summed E-state index contributed by atoms with van der Waals surface area (Å²) in [6.45, 7) is 7.42. The van der Waals surface area contributed by atoms with Crippen molar-refractivity contribution >= 4 is 11.6 Å². The Morgan fingerprint density at radius 3 is 2.39 bits per heavy atom. The summed E-state index contributed by atoms with van der Waals surface area (Å²) in [7, 11) is 0. The molecule has 1 N–H and O–H groups in total. The highest BCUT2D eigenvalue weighted by Gasteiger charge is 2.29. The molecule has 2 rings (SSSR count). The minimum atomic E-state index is -0.00845. The second kappa shape index (κ2) is 5.16. The monoisotopic (exact) mass is 249 g/mol. The van der Waals surface area contributed by atoms with E-state index in [1.165, 1.54) is 0 Å². The second-order valence-electron chi connectivity index (χ2n) is 4.91. The average Bonchev–Trinajstić information content (AvgIpc) is 2.40. The van der Waals surface area contributed by atoms with Crippen molar-refractivity contribution in [2.45, 2.75) is 33.3 Å². The fourth-order valence-corrected chi connectivity index (χ4v) is 2.38. The van der Waals surface area contributed by atoms with Crippen LogP contribution in [0.15, 0.2) is 22.3 Å². The third-order valence-corrected chi connectivity index (χ3v) is 3.75. The normalized spacial score (nSPS) is 26.1. The van der Waals surface area contributed by atoms with Crippen LogP contribution < -0.4 is 5.32 Å². The topological polar surface area (TPSA) is 55.4 Å². The number of ketones is 2. The summed E-state index contributed by atoms with van der Waals surface area (Å²) >= 11 is 0. The van der Waals surface area contributed by atoms with Crippen LogP contribution in [0, 0.1) is 0 Å². The number of Topliss-reactive ketones (excluding diaryl/α,β-unsaturated/α-hetero) is 2. The van der Waals surface area contributed by atoms with Gasteiger partial charge in [-0.2, -0.15) is 0 Å². The standard InChI is InChI=1S/C14H19NO3/c1-8-9(2)14(17)12(10(3)13(8)16)6-11-7-15-4-5-18-11/h11,15H,4-7H2,1-3H3. The van der Waals surface area contributed by atoms with Crippen molar-refractivity contribution in [3.63, 3.8) is 0 Å². The van der Waals surface area contributed by atoms with Crippen molar-refractivity contribution in [1.82, 2.24) is 5.32 Å². The van der Waals surface area contributed by atoms with E-state index in [2.05, 4.69) is 5.32 Å². The van der Waals surface area contributed by atoms with E-state index < -0.39 is 0 Å². The van der Waals surface area contributed by atoms with Gasteiger partial charge in [0, 0.05) is 41.8 Å². The van der Waals surface area contributed by atoms with Crippen LogP contribution in [0.1, 0.15) is 27.2 Å². The largest absolute Gasteiger partial charge is 0.375 e. The second-order valence-corrected chi connectivity index (χ2v) is 4.91. The Morgan fingerprint density at radius 2 is 1.78 bits per heavy atom. The highest BCUT2D eigenvalue weighted by Crippen LogP contribution is 2.27. The number of carbonyl (C=O) groups excluding carboxylic acids is 2. The maximum Gasteiger partial charge on any atom is 0.185 e. The molecule has 0 radical (unpaired) electrons. The van der Waals surface area contributed by atoms with Gasteiger partial charge >= 0.3 is 0 Å². The van der Waals surface area contributed by atoms with E-state index >= 15 is 0 Å². The molecule has 1 aliphatic heterocycles. The molecule has 0 aromatic heterocycles. The van der Waals surface area contributed by atoms with Gasteiger partial charge in [-0.15, -0.1) is 0 Å². The SMILES string of the molecule is CC1=C(C)C(=O)C(CC2CNCCO2)=C(C)C1=O. The number of hydrogen-bond acceptors (Lipinski definition) is 4. The van der Waals surface area contributed by atoms with Gasteiger partial charge in [-0.1, -0.05) is 0 Å². The lowest BCUT2D eigenvalue weighted by Crippen LogP contribution is -2.39. The fourth-order valence-electron chi connectivity index (χ4n) is 2.38. The fraction of sp³-hybridized carbons (Fsp3) is 0.571. The van der Waals surface area contributed by atoms with Crippen molar-refractivity contribution in [2.24, 2.45) is 0 Å². The number of nitrogens with one attached hydrogen (secondary N) is 1. The molecule has 2 aliphatic rings. The lowest BCUT2D eigenvalue weighted by molar-refractivity contribution is -0.116. The van der Waals surface area contributed by atoms with Crippen molar-refractivity contribution < 1.29 is 14.3 Å². The van der Waals surface area contributed by atoms with Crippen LogP contribution >= 0.6 is 0 Å². The first-order valence-electron chi connectivity index (χ1n) is 6.31. The summed E-state index contributed by atoms with van der Waals surface area (Å²) in [6.07, 6.45) is 0.514. The van der Waals surface area contributed by atoms with E-state index in [1.54, 1.807) is 20.8 Å². The van der Waals surface area contributed by atoms with Crippen molar-refractivity contribution in [3.05, 3.63) is 22.3 Å². The zero-order valence-electron chi connectivity index (χ0n) is 11.1. The van der Waals surface area contributed by atoms with Gasteiger partial charge in [-0.3, -0.25) is 9.59 Å². The number of rotatable bonds is 2. The molecule has 1 aliphatic carbocycles. The van der Waals surface area contributed by atoms with Gasteiger partial charge in [0.1, 0.15) is 0 Å². The highest BCUT2D eigenvalue weighted by molar-refractivity contribution is 6.24. The molecule has 0 aromatic rings. The molecule has 98 valence electrons. The van der Waals surface area contributed by atoms with E-state index in [1.807, 2.05) is 0 Å². The van der Waals surface area contributed by atoms with E-state index in [4.69, 9.17) is 4.74 Å². The first kappa shape index (κ1) is 13.2. The lowest BCUT2D eigenvalue weighted by Gasteiger charge is -2.26. The first-order valence-corrected chi connectivity index (χ1v) is 6.31. The van der Waals surface area contributed by atoms with Crippen molar-refractivity contribution in [2.75, 3.05) is 19.7 Å². The Kier molecular flexibility index (Phi) is 3.78. The Bertz CT molecular complexity index is 454. The molecule has 18 heavy (non-hydrogen) atoms. The van der Waals surface area contributed by atoms with Crippen LogP contribution in [-0.2, 0) is 14.3 Å². The number of ether oxygens (including phenoxy) is 1. The number of hydrogen-bond donors (Lipinski definition) is 1. The van der Waals surface area contributed by atoms with E-state index in [-0.39, 0.29) is 17.7 Å². The summed E-state index contributed by atoms with van der Waals surface area (Å²) in [6, 6.07) is 0. The van der Waals surface area contributed by atoms with Crippen LogP contribution in [-0.4, -0.2) is 37.4 Å². The third kappa shape index (κ3) is 2.31. The first-order chi connectivity index (χ1) is 8.52. The molecule has 4 nitrogen and oxygen atoms in total. The molecule has 0 saturated carbocycles. The van der Waals surface area contributed by atoms with Crippen molar-refractivity contribution in [1.29, 1.82) is 0 Å². The van der Waals surface area contributed by atoms with E-state index in [0.717, 1.165) is 13.1 Å². The van der Waals surface area contributed by atoms with Gasteiger partial charge in [0.15, 0.2) is 11.6 Å². The Balaban J connectivity index is 2.21. The maximum absolute atomic E-state index is 12.2. The van der Waals surface area contributed by atoms with Gasteiger partial charge in [0.05, 0.1) is 12.7 Å². The molecule has 1 fully saturated rings. The summed E-state index contributed by atoms with van der Waals surface area (Å²) in [5.41, 5.74) is 2.35. The molecule has 0 aromatic carbocycles. The third-order valence-electron chi connectivity index (χ3n) is 3.75. The summed E-state index contributed by atoms with van der Waals surface area (Å²) in [5.74, 6) is -0.00959. The minimum absolute atomic E-state index is 0.00114. The Morgan fingerprint density at radius 1 is 1.11 bits per heavy atom. The van der Waals surface area contributed by atoms with E-state index in [9.17, 15) is 9.59 Å². The molecule has 0 amide bonds. The van der Waals surface area contributed by atoms with Gasteiger partial charge in [0.2, 0.25) is 0 Å². The zero-order chi connectivity index (χ0) is 13.3. The predicted molar refractivity (Wildman–Crippen MR) is 68.3 cm³/mol. The number of carbonyl (C=O) groups is 2.